The predicted molar refractivity (Wildman–Crippen MR) is 94.3 cm³/mol. The topological polar surface area (TPSA) is 89.4 Å². The summed E-state index contributed by atoms with van der Waals surface area (Å²) in [7, 11) is 4.27. The number of rotatable bonds is 6. The number of phenolic OH excluding ortho intramolecular Hbond substituents is 1. The third-order valence-corrected chi connectivity index (χ3v) is 3.54. The SMILES string of the molecule is COc1ccc(Cl)cc1/C=N/NC(=O)c1cc(OC)c(O)c(OC)c1. The molecule has 132 valence electrons. The molecule has 8 heteroatoms. The highest BCUT2D eigenvalue weighted by Gasteiger charge is 2.15. The lowest BCUT2D eigenvalue weighted by atomic mass is 10.1. The second-order valence-corrected chi connectivity index (χ2v) is 5.25. The van der Waals surface area contributed by atoms with Crippen molar-refractivity contribution in [1.82, 2.24) is 5.43 Å². The molecule has 0 spiro atoms. The molecule has 0 saturated heterocycles. The maximum atomic E-state index is 12.2. The van der Waals surface area contributed by atoms with Crippen molar-refractivity contribution in [3.05, 3.63) is 46.5 Å². The van der Waals surface area contributed by atoms with Crippen molar-refractivity contribution in [2.45, 2.75) is 0 Å². The first-order valence-electron chi connectivity index (χ1n) is 7.12. The van der Waals surface area contributed by atoms with Gasteiger partial charge in [-0.3, -0.25) is 4.79 Å². The molecule has 0 atom stereocenters. The fourth-order valence-electron chi connectivity index (χ4n) is 2.06. The summed E-state index contributed by atoms with van der Waals surface area (Å²) in [6, 6.07) is 7.79. The van der Waals surface area contributed by atoms with E-state index < -0.39 is 5.91 Å². The summed E-state index contributed by atoms with van der Waals surface area (Å²) in [5.41, 5.74) is 3.20. The highest BCUT2D eigenvalue weighted by atomic mass is 35.5. The number of benzene rings is 2. The van der Waals surface area contributed by atoms with Gasteiger partial charge in [0.2, 0.25) is 5.75 Å². The first-order valence-corrected chi connectivity index (χ1v) is 7.50. The molecule has 25 heavy (non-hydrogen) atoms. The van der Waals surface area contributed by atoms with E-state index in [1.165, 1.54) is 39.7 Å². The average molecular weight is 365 g/mol. The highest BCUT2D eigenvalue weighted by Crippen LogP contribution is 2.37. The zero-order valence-corrected chi connectivity index (χ0v) is 14.6. The minimum Gasteiger partial charge on any atom is -0.502 e. The number of hydrazone groups is 1. The number of nitrogens with one attached hydrogen (secondary N) is 1. The lowest BCUT2D eigenvalue weighted by Crippen LogP contribution is -2.17. The summed E-state index contributed by atoms with van der Waals surface area (Å²) in [5.74, 6) is 0.105. The molecule has 0 aromatic heterocycles. The molecule has 2 rings (SSSR count). The second-order valence-electron chi connectivity index (χ2n) is 4.81. The molecule has 0 radical (unpaired) electrons. The number of nitrogens with zero attached hydrogens (tertiary/aromatic N) is 1. The minimum absolute atomic E-state index is 0.116. The Morgan fingerprint density at radius 3 is 2.24 bits per heavy atom. The first kappa shape index (κ1) is 18.4. The standard InChI is InChI=1S/C17H17ClN2O5/c1-23-13-5-4-12(18)6-11(13)9-19-20-17(22)10-7-14(24-2)16(21)15(8-10)25-3/h4-9,21H,1-3H3,(H,20,22)/b19-9+. The molecule has 0 bridgehead atoms. The maximum absolute atomic E-state index is 12.2. The van der Waals surface area contributed by atoms with Crippen molar-refractivity contribution in [2.24, 2.45) is 5.10 Å². The van der Waals surface area contributed by atoms with E-state index in [0.29, 0.717) is 16.3 Å². The zero-order chi connectivity index (χ0) is 18.4. The molecule has 2 aromatic rings. The van der Waals surface area contributed by atoms with Crippen LogP contribution in [0.3, 0.4) is 0 Å². The van der Waals surface area contributed by atoms with Gasteiger partial charge in [-0.05, 0) is 30.3 Å². The number of carbonyl (C=O) groups is 1. The van der Waals surface area contributed by atoms with Crippen molar-refractivity contribution < 1.29 is 24.1 Å². The van der Waals surface area contributed by atoms with Crippen molar-refractivity contribution >= 4 is 23.7 Å². The van der Waals surface area contributed by atoms with Gasteiger partial charge in [0, 0.05) is 16.1 Å². The summed E-state index contributed by atoms with van der Waals surface area (Å²) >= 11 is 5.94. The van der Waals surface area contributed by atoms with Gasteiger partial charge >= 0.3 is 0 Å². The Hall–Kier alpha value is -2.93. The number of halogens is 1. The number of methoxy groups -OCH3 is 3. The van der Waals surface area contributed by atoms with Crippen LogP contribution in [-0.4, -0.2) is 38.6 Å². The van der Waals surface area contributed by atoms with Crippen molar-refractivity contribution in [2.75, 3.05) is 21.3 Å². The van der Waals surface area contributed by atoms with Gasteiger partial charge in [0.05, 0.1) is 27.5 Å². The number of phenols is 1. The lowest BCUT2D eigenvalue weighted by Gasteiger charge is -2.10. The van der Waals surface area contributed by atoms with Gasteiger partial charge in [-0.1, -0.05) is 11.6 Å². The average Bonchev–Trinajstić information content (AvgIpc) is 2.62. The third-order valence-electron chi connectivity index (χ3n) is 3.30. The van der Waals surface area contributed by atoms with Gasteiger partial charge in [-0.15, -0.1) is 0 Å². The third kappa shape index (κ3) is 4.33. The van der Waals surface area contributed by atoms with Gasteiger partial charge in [-0.25, -0.2) is 5.43 Å². The number of aromatic hydroxyl groups is 1. The van der Waals surface area contributed by atoms with Crippen LogP contribution in [0.15, 0.2) is 35.4 Å². The largest absolute Gasteiger partial charge is 0.502 e. The Morgan fingerprint density at radius 2 is 1.68 bits per heavy atom. The molecule has 2 aromatic carbocycles. The highest BCUT2D eigenvalue weighted by molar-refractivity contribution is 6.30. The zero-order valence-electron chi connectivity index (χ0n) is 13.9. The normalized spacial score (nSPS) is 10.6. The summed E-state index contributed by atoms with van der Waals surface area (Å²) in [6.07, 6.45) is 1.41. The Labute approximate surface area is 149 Å². The minimum atomic E-state index is -0.506. The smallest absolute Gasteiger partial charge is 0.271 e. The van der Waals surface area contributed by atoms with Crippen LogP contribution in [0.25, 0.3) is 0 Å². The molecule has 0 fully saturated rings. The van der Waals surface area contributed by atoms with Gasteiger partial charge in [0.1, 0.15) is 5.75 Å². The van der Waals surface area contributed by atoms with E-state index in [4.69, 9.17) is 25.8 Å². The fourth-order valence-corrected chi connectivity index (χ4v) is 2.24. The van der Waals surface area contributed by atoms with Crippen LogP contribution in [0, 0.1) is 0 Å². The Bertz CT molecular complexity index is 783. The molecule has 0 saturated carbocycles. The van der Waals surface area contributed by atoms with E-state index in [0.717, 1.165) is 0 Å². The van der Waals surface area contributed by atoms with Crippen LogP contribution in [-0.2, 0) is 0 Å². The Morgan fingerprint density at radius 1 is 1.08 bits per heavy atom. The van der Waals surface area contributed by atoms with Crippen molar-refractivity contribution in [1.29, 1.82) is 0 Å². The van der Waals surface area contributed by atoms with Gasteiger partial charge < -0.3 is 19.3 Å². The van der Waals surface area contributed by atoms with Crippen LogP contribution in [0.2, 0.25) is 5.02 Å². The van der Waals surface area contributed by atoms with Crippen LogP contribution in [0.5, 0.6) is 23.0 Å². The molecule has 0 heterocycles. The van der Waals surface area contributed by atoms with Crippen molar-refractivity contribution in [3.63, 3.8) is 0 Å². The summed E-state index contributed by atoms with van der Waals surface area (Å²) in [4.78, 5) is 12.2. The van der Waals surface area contributed by atoms with Gasteiger partial charge in [0.15, 0.2) is 11.5 Å². The first-order chi connectivity index (χ1) is 12.0. The number of hydrogen-bond donors (Lipinski definition) is 2. The van der Waals surface area contributed by atoms with E-state index >= 15 is 0 Å². The lowest BCUT2D eigenvalue weighted by molar-refractivity contribution is 0.0954. The molecule has 0 unspecified atom stereocenters. The van der Waals surface area contributed by atoms with Gasteiger partial charge in [0.25, 0.3) is 5.91 Å². The van der Waals surface area contributed by atoms with Crippen LogP contribution in [0.1, 0.15) is 15.9 Å². The van der Waals surface area contributed by atoms with Crippen LogP contribution >= 0.6 is 11.6 Å². The van der Waals surface area contributed by atoms with E-state index in [2.05, 4.69) is 10.5 Å². The fraction of sp³-hybridized carbons (Fsp3) is 0.176. The van der Waals surface area contributed by atoms with E-state index in [1.807, 2.05) is 0 Å². The molecular weight excluding hydrogens is 348 g/mol. The second kappa shape index (κ2) is 8.25. The predicted octanol–water partition coefficient (Wildman–Crippen LogP) is 2.84. The van der Waals surface area contributed by atoms with E-state index in [9.17, 15) is 9.90 Å². The number of ether oxygens (including phenoxy) is 3. The van der Waals surface area contributed by atoms with Crippen molar-refractivity contribution in [3.8, 4) is 23.0 Å². The quantitative estimate of drug-likeness (QED) is 0.607. The summed E-state index contributed by atoms with van der Waals surface area (Å²) < 4.78 is 15.2. The van der Waals surface area contributed by atoms with E-state index in [-0.39, 0.29) is 22.8 Å². The molecule has 0 aliphatic rings. The molecule has 1 amide bonds. The monoisotopic (exact) mass is 364 g/mol. The number of amides is 1. The van der Waals surface area contributed by atoms with Crippen LogP contribution in [0.4, 0.5) is 0 Å². The molecule has 2 N–H and O–H groups in total. The molecule has 0 aliphatic heterocycles. The summed E-state index contributed by atoms with van der Waals surface area (Å²) in [5, 5.41) is 14.3. The number of hydrogen-bond acceptors (Lipinski definition) is 6. The Kier molecular flexibility index (Phi) is 6.08. The number of carbonyl (C=O) groups excluding carboxylic acids is 1. The molecule has 7 nitrogen and oxygen atoms in total. The summed E-state index contributed by atoms with van der Waals surface area (Å²) in [6.45, 7) is 0. The molecular formula is C17H17ClN2O5. The Balaban J connectivity index is 2.19. The van der Waals surface area contributed by atoms with E-state index in [1.54, 1.807) is 18.2 Å². The van der Waals surface area contributed by atoms with Crippen LogP contribution < -0.4 is 19.6 Å². The van der Waals surface area contributed by atoms with Gasteiger partial charge in [-0.2, -0.15) is 5.10 Å². The molecule has 0 aliphatic carbocycles. The maximum Gasteiger partial charge on any atom is 0.271 e.